The van der Waals surface area contributed by atoms with Crippen molar-refractivity contribution in [2.45, 2.75) is 6.42 Å². The van der Waals surface area contributed by atoms with Crippen LogP contribution in [0.25, 0.3) is 0 Å². The Morgan fingerprint density at radius 3 is 2.75 bits per heavy atom. The van der Waals surface area contributed by atoms with Gasteiger partial charge in [-0.2, -0.15) is 0 Å². The number of rotatable bonds is 6. The molecule has 0 atom stereocenters. The molecule has 16 heavy (non-hydrogen) atoms. The Morgan fingerprint density at radius 2 is 2.12 bits per heavy atom. The van der Waals surface area contributed by atoms with Gasteiger partial charge in [-0.15, -0.1) is 6.58 Å². The summed E-state index contributed by atoms with van der Waals surface area (Å²) in [6.07, 6.45) is 1.97. The van der Waals surface area contributed by atoms with Crippen molar-refractivity contribution in [1.82, 2.24) is 5.32 Å². The Bertz CT molecular complexity index is 347. The van der Waals surface area contributed by atoms with Gasteiger partial charge in [0.15, 0.2) is 0 Å². The molecular formula is C12H16N2O2. The zero-order valence-corrected chi connectivity index (χ0v) is 9.11. The summed E-state index contributed by atoms with van der Waals surface area (Å²) in [6.45, 7) is 4.35. The van der Waals surface area contributed by atoms with Crippen molar-refractivity contribution in [1.29, 1.82) is 0 Å². The van der Waals surface area contributed by atoms with Crippen molar-refractivity contribution >= 4 is 11.6 Å². The number of ether oxygens (including phenoxy) is 1. The third kappa shape index (κ3) is 4.50. The van der Waals surface area contributed by atoms with E-state index in [1.54, 1.807) is 30.3 Å². The molecule has 0 spiro atoms. The molecule has 1 rings (SSSR count). The van der Waals surface area contributed by atoms with E-state index in [2.05, 4.69) is 11.9 Å². The summed E-state index contributed by atoms with van der Waals surface area (Å²) < 4.78 is 5.37. The van der Waals surface area contributed by atoms with Gasteiger partial charge in [0.05, 0.1) is 13.0 Å². The molecule has 0 saturated carbocycles. The van der Waals surface area contributed by atoms with Crippen LogP contribution >= 0.6 is 0 Å². The molecule has 4 nitrogen and oxygen atoms in total. The third-order valence-electron chi connectivity index (χ3n) is 1.92. The molecule has 0 aliphatic carbocycles. The minimum atomic E-state index is -0.0460. The van der Waals surface area contributed by atoms with Crippen molar-refractivity contribution in [3.63, 3.8) is 0 Å². The molecule has 0 saturated heterocycles. The number of nitrogens with two attached hydrogens (primary N) is 1. The van der Waals surface area contributed by atoms with Crippen LogP contribution in [0, 0.1) is 0 Å². The number of benzene rings is 1. The fraction of sp³-hybridized carbons (Fsp3) is 0.250. The van der Waals surface area contributed by atoms with Gasteiger partial charge in [-0.05, 0) is 24.3 Å². The van der Waals surface area contributed by atoms with E-state index < -0.39 is 0 Å². The molecule has 0 radical (unpaired) electrons. The molecule has 0 aliphatic heterocycles. The fourth-order valence-electron chi connectivity index (χ4n) is 1.10. The molecule has 3 N–H and O–H groups in total. The molecule has 1 aromatic carbocycles. The fourth-order valence-corrected chi connectivity index (χ4v) is 1.10. The summed E-state index contributed by atoms with van der Waals surface area (Å²) in [4.78, 5) is 11.2. The minimum absolute atomic E-state index is 0.0460. The van der Waals surface area contributed by atoms with Crippen molar-refractivity contribution in [2.24, 2.45) is 0 Å². The maximum absolute atomic E-state index is 11.2. The zero-order chi connectivity index (χ0) is 11.8. The molecule has 0 aliphatic rings. The van der Waals surface area contributed by atoms with Crippen molar-refractivity contribution in [3.05, 3.63) is 36.9 Å². The second-order valence-corrected chi connectivity index (χ2v) is 3.26. The Labute approximate surface area is 95.1 Å². The molecule has 86 valence electrons. The lowest BCUT2D eigenvalue weighted by atomic mass is 10.3. The normalized spacial score (nSPS) is 9.50. The Kier molecular flexibility index (Phi) is 4.92. The average molecular weight is 220 g/mol. The van der Waals surface area contributed by atoms with Crippen molar-refractivity contribution in [2.75, 3.05) is 18.9 Å². The monoisotopic (exact) mass is 220 g/mol. The van der Waals surface area contributed by atoms with Crippen LogP contribution in [0.1, 0.15) is 6.42 Å². The molecule has 0 unspecified atom stereocenters. The summed E-state index contributed by atoms with van der Waals surface area (Å²) in [5.74, 6) is 0.668. The van der Waals surface area contributed by atoms with Gasteiger partial charge >= 0.3 is 0 Å². The maximum atomic E-state index is 11.2. The van der Waals surface area contributed by atoms with Crippen LogP contribution < -0.4 is 15.8 Å². The predicted molar refractivity (Wildman–Crippen MR) is 64.2 cm³/mol. The van der Waals surface area contributed by atoms with Crippen LogP contribution in [0.2, 0.25) is 0 Å². The molecule has 4 heteroatoms. The summed E-state index contributed by atoms with van der Waals surface area (Å²) in [7, 11) is 0. The van der Waals surface area contributed by atoms with Crippen LogP contribution in [0.15, 0.2) is 36.9 Å². The van der Waals surface area contributed by atoms with Gasteiger partial charge < -0.3 is 15.8 Å². The number of nitrogen functional groups attached to an aromatic ring is 1. The Balaban J connectivity index is 2.22. The van der Waals surface area contributed by atoms with Crippen molar-refractivity contribution < 1.29 is 9.53 Å². The smallest absolute Gasteiger partial charge is 0.223 e. The van der Waals surface area contributed by atoms with E-state index in [0.717, 1.165) is 0 Å². The van der Waals surface area contributed by atoms with E-state index >= 15 is 0 Å². The van der Waals surface area contributed by atoms with Gasteiger partial charge in [-0.3, -0.25) is 4.79 Å². The molecule has 1 aromatic rings. The molecule has 0 aromatic heterocycles. The van der Waals surface area contributed by atoms with Gasteiger partial charge in [0.25, 0.3) is 0 Å². The third-order valence-corrected chi connectivity index (χ3v) is 1.92. The van der Waals surface area contributed by atoms with Crippen molar-refractivity contribution in [3.8, 4) is 5.75 Å². The number of hydrogen-bond acceptors (Lipinski definition) is 3. The van der Waals surface area contributed by atoms with E-state index in [0.29, 0.717) is 31.0 Å². The minimum Gasteiger partial charge on any atom is -0.493 e. The second kappa shape index (κ2) is 6.50. The van der Waals surface area contributed by atoms with E-state index in [4.69, 9.17) is 10.5 Å². The highest BCUT2D eigenvalue weighted by molar-refractivity contribution is 5.76. The topological polar surface area (TPSA) is 64.3 Å². The van der Waals surface area contributed by atoms with E-state index in [9.17, 15) is 4.79 Å². The number of carbonyl (C=O) groups excluding carboxylic acids is 1. The Morgan fingerprint density at radius 1 is 1.44 bits per heavy atom. The lowest BCUT2D eigenvalue weighted by Crippen LogP contribution is -2.24. The highest BCUT2D eigenvalue weighted by Crippen LogP contribution is 2.12. The molecular weight excluding hydrogens is 204 g/mol. The first-order valence-corrected chi connectivity index (χ1v) is 5.08. The van der Waals surface area contributed by atoms with Crippen LogP contribution in [0.4, 0.5) is 5.69 Å². The van der Waals surface area contributed by atoms with E-state index in [1.807, 2.05) is 0 Å². The zero-order valence-electron chi connectivity index (χ0n) is 9.11. The molecule has 0 heterocycles. The Hall–Kier alpha value is -1.97. The van der Waals surface area contributed by atoms with E-state index in [-0.39, 0.29) is 5.91 Å². The highest BCUT2D eigenvalue weighted by atomic mass is 16.5. The second-order valence-electron chi connectivity index (χ2n) is 3.26. The van der Waals surface area contributed by atoms with E-state index in [1.165, 1.54) is 0 Å². The standard InChI is InChI=1S/C12H16N2O2/c1-2-8-14-12(15)7-9-16-11-5-3-10(13)4-6-11/h2-6H,1,7-9,13H2,(H,14,15). The van der Waals surface area contributed by atoms with Gasteiger partial charge in [-0.25, -0.2) is 0 Å². The molecule has 0 bridgehead atoms. The summed E-state index contributed by atoms with van der Waals surface area (Å²) in [5.41, 5.74) is 6.22. The number of carbonyl (C=O) groups is 1. The van der Waals surface area contributed by atoms with Crippen LogP contribution in [-0.2, 0) is 4.79 Å². The number of amides is 1. The van der Waals surface area contributed by atoms with Gasteiger partial charge in [0, 0.05) is 12.2 Å². The average Bonchev–Trinajstić information content (AvgIpc) is 2.29. The quantitative estimate of drug-likeness (QED) is 0.561. The van der Waals surface area contributed by atoms with Gasteiger partial charge in [-0.1, -0.05) is 6.08 Å². The highest BCUT2D eigenvalue weighted by Gasteiger charge is 2.00. The molecule has 1 amide bonds. The number of anilines is 1. The SMILES string of the molecule is C=CCNC(=O)CCOc1ccc(N)cc1. The maximum Gasteiger partial charge on any atom is 0.223 e. The number of hydrogen-bond donors (Lipinski definition) is 2. The first-order valence-electron chi connectivity index (χ1n) is 5.08. The lowest BCUT2D eigenvalue weighted by molar-refractivity contribution is -0.121. The first-order chi connectivity index (χ1) is 7.72. The van der Waals surface area contributed by atoms with Gasteiger partial charge in [0.1, 0.15) is 5.75 Å². The largest absolute Gasteiger partial charge is 0.493 e. The van der Waals surface area contributed by atoms with Crippen LogP contribution in [-0.4, -0.2) is 19.1 Å². The predicted octanol–water partition coefficient (Wildman–Crippen LogP) is 1.34. The summed E-state index contributed by atoms with van der Waals surface area (Å²) >= 11 is 0. The lowest BCUT2D eigenvalue weighted by Gasteiger charge is -2.06. The molecule has 0 fully saturated rings. The summed E-state index contributed by atoms with van der Waals surface area (Å²) in [5, 5.41) is 2.67. The van der Waals surface area contributed by atoms with Crippen LogP contribution in [0.5, 0.6) is 5.75 Å². The number of nitrogens with one attached hydrogen (secondary N) is 1. The first kappa shape index (κ1) is 12.1. The van der Waals surface area contributed by atoms with Gasteiger partial charge in [0.2, 0.25) is 5.91 Å². The van der Waals surface area contributed by atoms with Crippen LogP contribution in [0.3, 0.4) is 0 Å². The summed E-state index contributed by atoms with van der Waals surface area (Å²) in [6, 6.07) is 7.06.